The fourth-order valence-corrected chi connectivity index (χ4v) is 2.00. The molecule has 0 bridgehead atoms. The van der Waals surface area contributed by atoms with E-state index in [0.717, 1.165) is 11.1 Å². The Morgan fingerprint density at radius 3 is 2.48 bits per heavy atom. The highest BCUT2D eigenvalue weighted by atomic mass is 16.5. The molecule has 0 aliphatic rings. The van der Waals surface area contributed by atoms with Crippen LogP contribution in [-0.4, -0.2) is 24.5 Å². The summed E-state index contributed by atoms with van der Waals surface area (Å²) >= 11 is 0. The van der Waals surface area contributed by atoms with Crippen LogP contribution in [0.2, 0.25) is 0 Å². The van der Waals surface area contributed by atoms with Crippen LogP contribution in [0.1, 0.15) is 11.1 Å². The number of imidazole rings is 1. The maximum atomic E-state index is 5.70. The molecule has 0 atom stereocenters. The van der Waals surface area contributed by atoms with Crippen LogP contribution < -0.4 is 10.5 Å². The van der Waals surface area contributed by atoms with Crippen molar-refractivity contribution in [1.29, 1.82) is 0 Å². The molecule has 1 aromatic carbocycles. The number of hydrogen-bond donors (Lipinski definition) is 1. The van der Waals surface area contributed by atoms with Gasteiger partial charge < -0.3 is 10.5 Å². The number of aromatic nitrogens is 5. The second-order valence-electron chi connectivity index (χ2n) is 4.67. The third-order valence-corrected chi connectivity index (χ3v) is 2.76. The van der Waals surface area contributed by atoms with Crippen molar-refractivity contribution in [2.24, 2.45) is 0 Å². The van der Waals surface area contributed by atoms with E-state index in [1.54, 1.807) is 23.3 Å². The fraction of sp³-hybridized carbons (Fsp3) is 0.143. The van der Waals surface area contributed by atoms with Gasteiger partial charge in [0.05, 0.1) is 0 Å². The van der Waals surface area contributed by atoms with Crippen molar-refractivity contribution in [2.75, 3.05) is 5.73 Å². The molecule has 2 aromatic heterocycles. The molecule has 0 aliphatic heterocycles. The van der Waals surface area contributed by atoms with E-state index in [1.165, 1.54) is 0 Å². The number of nitrogen functional groups attached to an aromatic ring is 1. The van der Waals surface area contributed by atoms with Gasteiger partial charge in [-0.3, -0.25) is 4.57 Å². The number of anilines is 1. The predicted octanol–water partition coefficient (Wildman–Crippen LogP) is 2.05. The minimum absolute atomic E-state index is 0.0908. The Labute approximate surface area is 121 Å². The van der Waals surface area contributed by atoms with E-state index < -0.39 is 0 Å². The summed E-state index contributed by atoms with van der Waals surface area (Å²) < 4.78 is 7.31. The van der Waals surface area contributed by atoms with E-state index in [9.17, 15) is 0 Å². The van der Waals surface area contributed by atoms with Gasteiger partial charge in [0.25, 0.3) is 0 Å². The molecule has 0 saturated carbocycles. The van der Waals surface area contributed by atoms with Crippen molar-refractivity contribution in [3.05, 3.63) is 48.0 Å². The Bertz CT molecular complexity index is 749. The summed E-state index contributed by atoms with van der Waals surface area (Å²) in [4.78, 5) is 16.2. The number of nitrogens with two attached hydrogens (primary N) is 1. The van der Waals surface area contributed by atoms with Gasteiger partial charge in [0.15, 0.2) is 0 Å². The maximum Gasteiger partial charge on any atom is 0.328 e. The largest absolute Gasteiger partial charge is 0.424 e. The van der Waals surface area contributed by atoms with Crippen LogP contribution in [-0.2, 0) is 0 Å². The van der Waals surface area contributed by atoms with Crippen molar-refractivity contribution in [3.63, 3.8) is 0 Å². The van der Waals surface area contributed by atoms with Gasteiger partial charge in [0.2, 0.25) is 11.9 Å². The molecule has 0 amide bonds. The van der Waals surface area contributed by atoms with Gasteiger partial charge in [0.1, 0.15) is 12.1 Å². The Hall–Kier alpha value is -2.96. The molecule has 0 unspecified atom stereocenters. The number of benzene rings is 1. The minimum atomic E-state index is 0.0908. The fourth-order valence-electron chi connectivity index (χ4n) is 2.00. The molecule has 0 fully saturated rings. The lowest BCUT2D eigenvalue weighted by atomic mass is 10.1. The Morgan fingerprint density at radius 2 is 1.81 bits per heavy atom. The van der Waals surface area contributed by atoms with Crippen LogP contribution in [0.4, 0.5) is 5.95 Å². The highest BCUT2D eigenvalue weighted by Crippen LogP contribution is 2.21. The highest BCUT2D eigenvalue weighted by Gasteiger charge is 2.08. The van der Waals surface area contributed by atoms with Crippen LogP contribution in [0.3, 0.4) is 0 Å². The molecule has 3 rings (SSSR count). The maximum absolute atomic E-state index is 5.70. The molecule has 7 heteroatoms. The SMILES string of the molecule is Cc1cc(C)cc(Oc2nc(N)nc(-n3ccnc3)n2)c1. The lowest BCUT2D eigenvalue weighted by molar-refractivity contribution is 0.438. The molecule has 0 spiro atoms. The monoisotopic (exact) mass is 282 g/mol. The van der Waals surface area contributed by atoms with Gasteiger partial charge in [-0.05, 0) is 37.1 Å². The van der Waals surface area contributed by atoms with E-state index in [-0.39, 0.29) is 12.0 Å². The summed E-state index contributed by atoms with van der Waals surface area (Å²) in [5.74, 6) is 1.11. The van der Waals surface area contributed by atoms with E-state index in [0.29, 0.717) is 11.7 Å². The minimum Gasteiger partial charge on any atom is -0.424 e. The Balaban J connectivity index is 1.95. The summed E-state index contributed by atoms with van der Waals surface area (Å²) in [6.07, 6.45) is 4.93. The van der Waals surface area contributed by atoms with Crippen molar-refractivity contribution in [2.45, 2.75) is 13.8 Å². The molecule has 0 radical (unpaired) electrons. The average molecular weight is 282 g/mol. The summed E-state index contributed by atoms with van der Waals surface area (Å²) in [6, 6.07) is 6.02. The van der Waals surface area contributed by atoms with Crippen LogP contribution in [0.15, 0.2) is 36.9 Å². The normalized spacial score (nSPS) is 10.6. The number of rotatable bonds is 3. The number of nitrogens with zero attached hydrogens (tertiary/aromatic N) is 5. The molecule has 0 aliphatic carbocycles. The molecule has 21 heavy (non-hydrogen) atoms. The lowest BCUT2D eigenvalue weighted by Gasteiger charge is -2.08. The van der Waals surface area contributed by atoms with Gasteiger partial charge in [-0.25, -0.2) is 4.98 Å². The number of ether oxygens (including phenoxy) is 1. The second-order valence-corrected chi connectivity index (χ2v) is 4.67. The first-order chi connectivity index (χ1) is 10.1. The van der Waals surface area contributed by atoms with Crippen molar-refractivity contribution in [3.8, 4) is 17.7 Å². The summed E-state index contributed by atoms with van der Waals surface area (Å²) in [6.45, 7) is 4.00. The van der Waals surface area contributed by atoms with E-state index in [1.807, 2.05) is 26.0 Å². The lowest BCUT2D eigenvalue weighted by Crippen LogP contribution is -2.06. The number of hydrogen-bond acceptors (Lipinski definition) is 6. The van der Waals surface area contributed by atoms with Gasteiger partial charge in [0, 0.05) is 12.4 Å². The van der Waals surface area contributed by atoms with Crippen molar-refractivity contribution in [1.82, 2.24) is 24.5 Å². The molecule has 106 valence electrons. The molecular formula is C14H14N6O. The molecule has 3 aromatic rings. The van der Waals surface area contributed by atoms with Gasteiger partial charge in [-0.15, -0.1) is 0 Å². The molecule has 2 N–H and O–H groups in total. The van der Waals surface area contributed by atoms with Crippen LogP contribution in [0, 0.1) is 13.8 Å². The third kappa shape index (κ3) is 2.97. The molecular weight excluding hydrogens is 268 g/mol. The number of aryl methyl sites for hydroxylation is 2. The zero-order valence-corrected chi connectivity index (χ0v) is 11.7. The van der Waals surface area contributed by atoms with Gasteiger partial charge in [-0.1, -0.05) is 6.07 Å². The zero-order chi connectivity index (χ0) is 14.8. The standard InChI is InChI=1S/C14H14N6O/c1-9-5-10(2)7-11(6-9)21-14-18-12(15)17-13(19-14)20-4-3-16-8-20/h3-8H,1-2H3,(H2,15,17,18,19). The zero-order valence-electron chi connectivity index (χ0n) is 11.7. The summed E-state index contributed by atoms with van der Waals surface area (Å²) in [5, 5.41) is 0. The van der Waals surface area contributed by atoms with Crippen molar-refractivity contribution >= 4 is 5.95 Å². The molecule has 2 heterocycles. The first-order valence-electron chi connectivity index (χ1n) is 6.36. The molecule has 7 nitrogen and oxygen atoms in total. The Morgan fingerprint density at radius 1 is 1.05 bits per heavy atom. The van der Waals surface area contributed by atoms with Crippen LogP contribution in [0.5, 0.6) is 11.8 Å². The smallest absolute Gasteiger partial charge is 0.328 e. The topological polar surface area (TPSA) is 91.7 Å². The van der Waals surface area contributed by atoms with Gasteiger partial charge in [-0.2, -0.15) is 15.0 Å². The van der Waals surface area contributed by atoms with Crippen molar-refractivity contribution < 1.29 is 4.74 Å². The van der Waals surface area contributed by atoms with Crippen LogP contribution >= 0.6 is 0 Å². The van der Waals surface area contributed by atoms with Crippen LogP contribution in [0.25, 0.3) is 5.95 Å². The van der Waals surface area contributed by atoms with E-state index >= 15 is 0 Å². The average Bonchev–Trinajstić information content (AvgIpc) is 2.90. The Kier molecular flexibility index (Phi) is 3.23. The first kappa shape index (κ1) is 13.0. The van der Waals surface area contributed by atoms with E-state index in [4.69, 9.17) is 10.5 Å². The summed E-state index contributed by atoms with van der Waals surface area (Å²) in [7, 11) is 0. The van der Waals surface area contributed by atoms with E-state index in [2.05, 4.69) is 26.0 Å². The molecule has 0 saturated heterocycles. The quantitative estimate of drug-likeness (QED) is 0.790. The first-order valence-corrected chi connectivity index (χ1v) is 6.36. The van der Waals surface area contributed by atoms with Gasteiger partial charge >= 0.3 is 6.01 Å². The third-order valence-electron chi connectivity index (χ3n) is 2.76. The predicted molar refractivity (Wildman–Crippen MR) is 77.4 cm³/mol. The summed E-state index contributed by atoms with van der Waals surface area (Å²) in [5.41, 5.74) is 7.90. The highest BCUT2D eigenvalue weighted by molar-refractivity contribution is 5.35. The second kappa shape index (κ2) is 5.20.